The molecule has 0 bridgehead atoms. The van der Waals surface area contributed by atoms with Gasteiger partial charge in [-0.3, -0.25) is 0 Å². The maximum atomic E-state index is 3.74. The van der Waals surface area contributed by atoms with Gasteiger partial charge in [-0.25, -0.2) is 0 Å². The minimum atomic E-state index is 0.748. The van der Waals surface area contributed by atoms with Crippen LogP contribution in [0.25, 0.3) is 0 Å². The van der Waals surface area contributed by atoms with Crippen molar-refractivity contribution in [3.63, 3.8) is 0 Å². The van der Waals surface area contributed by atoms with E-state index in [-0.39, 0.29) is 0 Å². The third kappa shape index (κ3) is 3.85. The molecule has 0 radical (unpaired) electrons. The lowest BCUT2D eigenvalue weighted by atomic mass is 10.0. The summed E-state index contributed by atoms with van der Waals surface area (Å²) in [5, 5.41) is 3.74. The van der Waals surface area contributed by atoms with Crippen molar-refractivity contribution in [1.82, 2.24) is 5.32 Å². The van der Waals surface area contributed by atoms with Gasteiger partial charge in [-0.05, 0) is 37.8 Å². The van der Waals surface area contributed by atoms with Gasteiger partial charge < -0.3 is 5.32 Å². The molecule has 1 aliphatic rings. The number of aryl methyl sites for hydroxylation is 2. The Bertz CT molecular complexity index is 349. The molecule has 0 unspecified atom stereocenters. The largest absolute Gasteiger partial charge is 0.310 e. The molecule has 0 spiro atoms. The van der Waals surface area contributed by atoms with Crippen LogP contribution >= 0.6 is 0 Å². The molecule has 0 atom stereocenters. The first-order chi connectivity index (χ1) is 8.25. The Kier molecular flexibility index (Phi) is 4.61. The van der Waals surface area contributed by atoms with Crippen LogP contribution < -0.4 is 5.32 Å². The van der Waals surface area contributed by atoms with E-state index in [0.29, 0.717) is 0 Å². The van der Waals surface area contributed by atoms with Crippen LogP contribution in [0.5, 0.6) is 0 Å². The van der Waals surface area contributed by atoms with Gasteiger partial charge in [-0.15, -0.1) is 0 Å². The van der Waals surface area contributed by atoms with Crippen LogP contribution in [0.2, 0.25) is 0 Å². The molecule has 94 valence electrons. The maximum absolute atomic E-state index is 3.74. The number of benzene rings is 1. The summed E-state index contributed by atoms with van der Waals surface area (Å²) < 4.78 is 0. The van der Waals surface area contributed by atoms with Crippen LogP contribution in [0.15, 0.2) is 18.2 Å². The van der Waals surface area contributed by atoms with Crippen LogP contribution in [0, 0.1) is 13.8 Å². The number of rotatable bonds is 3. The molecule has 1 heteroatoms. The summed E-state index contributed by atoms with van der Waals surface area (Å²) in [4.78, 5) is 0. The predicted molar refractivity (Wildman–Crippen MR) is 74.2 cm³/mol. The molecule has 1 nitrogen and oxygen atoms in total. The van der Waals surface area contributed by atoms with Gasteiger partial charge in [-0.2, -0.15) is 0 Å². The van der Waals surface area contributed by atoms with Gasteiger partial charge in [0.05, 0.1) is 0 Å². The quantitative estimate of drug-likeness (QED) is 0.772. The summed E-state index contributed by atoms with van der Waals surface area (Å²) >= 11 is 0. The van der Waals surface area contributed by atoms with Crippen LogP contribution in [0.3, 0.4) is 0 Å². The zero-order valence-electron chi connectivity index (χ0n) is 11.3. The highest BCUT2D eigenvalue weighted by molar-refractivity contribution is 5.30. The van der Waals surface area contributed by atoms with E-state index >= 15 is 0 Å². The number of hydrogen-bond donors (Lipinski definition) is 1. The molecule has 0 heterocycles. The van der Waals surface area contributed by atoms with Crippen molar-refractivity contribution in [1.29, 1.82) is 0 Å². The summed E-state index contributed by atoms with van der Waals surface area (Å²) in [5.41, 5.74) is 4.24. The van der Waals surface area contributed by atoms with Gasteiger partial charge in [0.1, 0.15) is 0 Å². The Hall–Kier alpha value is -0.820. The molecule has 17 heavy (non-hydrogen) atoms. The topological polar surface area (TPSA) is 12.0 Å². The van der Waals surface area contributed by atoms with Gasteiger partial charge in [0.15, 0.2) is 0 Å². The molecule has 1 aromatic carbocycles. The van der Waals surface area contributed by atoms with Gasteiger partial charge in [0.25, 0.3) is 0 Å². The fourth-order valence-electron chi connectivity index (χ4n) is 2.78. The predicted octanol–water partition coefficient (Wildman–Crippen LogP) is 4.12. The highest BCUT2D eigenvalue weighted by atomic mass is 14.9. The molecule has 0 aromatic heterocycles. The Morgan fingerprint density at radius 2 is 1.76 bits per heavy atom. The smallest absolute Gasteiger partial charge is 0.0210 e. The molecule has 0 amide bonds. The molecule has 1 fully saturated rings. The standard InChI is InChI=1S/C16H25N/c1-13-9-10-15(14(2)11-13)12-17-16-7-5-3-4-6-8-16/h9-11,16-17H,3-8,12H2,1-2H3. The molecular weight excluding hydrogens is 206 g/mol. The van der Waals surface area contributed by atoms with Crippen molar-refractivity contribution in [2.75, 3.05) is 0 Å². The van der Waals surface area contributed by atoms with E-state index in [9.17, 15) is 0 Å². The van der Waals surface area contributed by atoms with E-state index < -0.39 is 0 Å². The van der Waals surface area contributed by atoms with Crippen molar-refractivity contribution < 1.29 is 0 Å². The lowest BCUT2D eigenvalue weighted by Gasteiger charge is -2.17. The second-order valence-electron chi connectivity index (χ2n) is 5.50. The van der Waals surface area contributed by atoms with Crippen molar-refractivity contribution >= 4 is 0 Å². The van der Waals surface area contributed by atoms with E-state index in [0.717, 1.165) is 12.6 Å². The van der Waals surface area contributed by atoms with E-state index in [1.165, 1.54) is 55.2 Å². The third-order valence-electron chi connectivity index (χ3n) is 3.93. The first-order valence-corrected chi connectivity index (χ1v) is 7.05. The lowest BCUT2D eigenvalue weighted by Crippen LogP contribution is -2.28. The fourth-order valence-corrected chi connectivity index (χ4v) is 2.78. The van der Waals surface area contributed by atoms with Gasteiger partial charge in [0, 0.05) is 12.6 Å². The third-order valence-corrected chi connectivity index (χ3v) is 3.93. The summed E-state index contributed by atoms with van der Waals surface area (Å²) in [6.07, 6.45) is 8.41. The monoisotopic (exact) mass is 231 g/mol. The molecule has 0 saturated heterocycles. The Labute approximate surface area is 106 Å². The fraction of sp³-hybridized carbons (Fsp3) is 0.625. The highest BCUT2D eigenvalue weighted by Gasteiger charge is 2.11. The first kappa shape index (κ1) is 12.6. The lowest BCUT2D eigenvalue weighted by molar-refractivity contribution is 0.458. The molecule has 1 aromatic rings. The zero-order chi connectivity index (χ0) is 12.1. The Balaban J connectivity index is 1.88. The van der Waals surface area contributed by atoms with Crippen molar-refractivity contribution in [3.8, 4) is 0 Å². The Morgan fingerprint density at radius 3 is 2.41 bits per heavy atom. The van der Waals surface area contributed by atoms with Crippen LogP contribution in [0.1, 0.15) is 55.2 Å². The van der Waals surface area contributed by atoms with Crippen molar-refractivity contribution in [3.05, 3.63) is 34.9 Å². The van der Waals surface area contributed by atoms with Gasteiger partial charge >= 0.3 is 0 Å². The molecule has 1 N–H and O–H groups in total. The summed E-state index contributed by atoms with van der Waals surface area (Å²) in [6.45, 7) is 5.42. The normalized spacial score (nSPS) is 18.0. The average molecular weight is 231 g/mol. The average Bonchev–Trinajstić information content (AvgIpc) is 2.56. The van der Waals surface area contributed by atoms with Crippen molar-refractivity contribution in [2.24, 2.45) is 0 Å². The van der Waals surface area contributed by atoms with E-state index in [1.54, 1.807) is 0 Å². The van der Waals surface area contributed by atoms with Gasteiger partial charge in [-0.1, -0.05) is 49.4 Å². The maximum Gasteiger partial charge on any atom is 0.0210 e. The highest BCUT2D eigenvalue weighted by Crippen LogP contribution is 2.18. The molecule has 0 aliphatic heterocycles. The van der Waals surface area contributed by atoms with E-state index in [2.05, 4.69) is 37.4 Å². The van der Waals surface area contributed by atoms with E-state index in [1.807, 2.05) is 0 Å². The van der Waals surface area contributed by atoms with Crippen LogP contribution in [-0.4, -0.2) is 6.04 Å². The first-order valence-electron chi connectivity index (χ1n) is 7.05. The zero-order valence-corrected chi connectivity index (χ0v) is 11.3. The number of nitrogens with one attached hydrogen (secondary N) is 1. The minimum absolute atomic E-state index is 0.748. The van der Waals surface area contributed by atoms with Crippen LogP contribution in [-0.2, 0) is 6.54 Å². The van der Waals surface area contributed by atoms with Crippen molar-refractivity contribution in [2.45, 2.75) is 65.0 Å². The van der Waals surface area contributed by atoms with Crippen LogP contribution in [0.4, 0.5) is 0 Å². The number of hydrogen-bond acceptors (Lipinski definition) is 1. The molecule has 1 aliphatic carbocycles. The summed E-state index contributed by atoms with van der Waals surface area (Å²) in [6, 6.07) is 7.52. The SMILES string of the molecule is Cc1ccc(CNC2CCCCCC2)c(C)c1. The second-order valence-corrected chi connectivity index (χ2v) is 5.50. The molecule has 1 saturated carbocycles. The van der Waals surface area contributed by atoms with E-state index in [4.69, 9.17) is 0 Å². The molecular formula is C16H25N. The molecule has 2 rings (SSSR count). The summed E-state index contributed by atoms with van der Waals surface area (Å²) in [7, 11) is 0. The minimum Gasteiger partial charge on any atom is -0.310 e. The second kappa shape index (κ2) is 6.20. The summed E-state index contributed by atoms with van der Waals surface area (Å²) in [5.74, 6) is 0. The Morgan fingerprint density at radius 1 is 1.06 bits per heavy atom. The van der Waals surface area contributed by atoms with Gasteiger partial charge in [0.2, 0.25) is 0 Å².